The van der Waals surface area contributed by atoms with Crippen molar-refractivity contribution in [2.45, 2.75) is 18.9 Å². The lowest BCUT2D eigenvalue weighted by atomic mass is 10.1. The van der Waals surface area contributed by atoms with Gasteiger partial charge in [-0.3, -0.25) is 9.36 Å². The minimum atomic E-state index is -0.812. The Morgan fingerprint density at radius 3 is 2.55 bits per heavy atom. The van der Waals surface area contributed by atoms with Gasteiger partial charge in [-0.25, -0.2) is 23.7 Å². The summed E-state index contributed by atoms with van der Waals surface area (Å²) in [5.41, 5.74) is 0.154. The predicted molar refractivity (Wildman–Crippen MR) is 118 cm³/mol. The fourth-order valence-corrected chi connectivity index (χ4v) is 4.35. The highest BCUT2D eigenvalue weighted by atomic mass is 35.5. The number of nitriles is 1. The molecule has 7 nitrogen and oxygen atoms in total. The summed E-state index contributed by atoms with van der Waals surface area (Å²) in [7, 11) is 0. The van der Waals surface area contributed by atoms with E-state index in [1.807, 2.05) is 11.0 Å². The second-order valence-corrected chi connectivity index (χ2v) is 8.02. The van der Waals surface area contributed by atoms with E-state index in [9.17, 15) is 13.6 Å². The molecular weight excluding hydrogens is 450 g/mol. The average molecular weight is 465 g/mol. The molecule has 1 aliphatic heterocycles. The second kappa shape index (κ2) is 8.22. The molecule has 5 rings (SSSR count). The van der Waals surface area contributed by atoms with Gasteiger partial charge in [-0.2, -0.15) is 5.26 Å². The van der Waals surface area contributed by atoms with Crippen LogP contribution in [0.25, 0.3) is 16.6 Å². The highest BCUT2D eigenvalue weighted by Crippen LogP contribution is 2.35. The number of halogens is 3. The fraction of sp³-hybridized carbons (Fsp3) is 0.174. The number of benzene rings is 2. The van der Waals surface area contributed by atoms with Crippen LogP contribution in [0.3, 0.4) is 0 Å². The van der Waals surface area contributed by atoms with E-state index in [0.29, 0.717) is 35.0 Å². The molecule has 0 aliphatic carbocycles. The van der Waals surface area contributed by atoms with Crippen molar-refractivity contribution in [1.29, 1.82) is 5.26 Å². The summed E-state index contributed by atoms with van der Waals surface area (Å²) in [6.07, 6.45) is 4.18. The maximum Gasteiger partial charge on any atom is 0.266 e. The summed E-state index contributed by atoms with van der Waals surface area (Å²) in [6, 6.07) is 9.25. The zero-order valence-corrected chi connectivity index (χ0v) is 17.8. The van der Waals surface area contributed by atoms with Crippen LogP contribution in [0, 0.1) is 23.0 Å². The molecule has 0 N–H and O–H groups in total. The normalized spacial score (nSPS) is 15.7. The minimum absolute atomic E-state index is 0.0227. The summed E-state index contributed by atoms with van der Waals surface area (Å²) in [4.78, 5) is 28.6. The van der Waals surface area contributed by atoms with Crippen molar-refractivity contribution in [3.05, 3.63) is 87.2 Å². The van der Waals surface area contributed by atoms with Gasteiger partial charge >= 0.3 is 0 Å². The van der Waals surface area contributed by atoms with Gasteiger partial charge in [0.1, 0.15) is 23.5 Å². The summed E-state index contributed by atoms with van der Waals surface area (Å²) in [6.45, 7) is 0.574. The Balaban J connectivity index is 1.76. The van der Waals surface area contributed by atoms with Crippen molar-refractivity contribution in [3.63, 3.8) is 0 Å². The molecule has 1 saturated heterocycles. The van der Waals surface area contributed by atoms with Gasteiger partial charge in [-0.1, -0.05) is 17.7 Å². The van der Waals surface area contributed by atoms with Crippen molar-refractivity contribution >= 4 is 28.5 Å². The summed E-state index contributed by atoms with van der Waals surface area (Å²) >= 11 is 6.34. The molecule has 0 saturated carbocycles. The van der Waals surface area contributed by atoms with Crippen LogP contribution in [-0.4, -0.2) is 26.1 Å². The first-order valence-electron chi connectivity index (χ1n) is 10.1. The zero-order chi connectivity index (χ0) is 23.1. The van der Waals surface area contributed by atoms with Crippen LogP contribution in [0.15, 0.2) is 53.6 Å². The number of aromatic nitrogens is 4. The van der Waals surface area contributed by atoms with Gasteiger partial charge in [0.2, 0.25) is 5.95 Å². The molecule has 0 spiro atoms. The molecule has 1 atom stereocenters. The molecule has 164 valence electrons. The van der Waals surface area contributed by atoms with E-state index < -0.39 is 23.2 Å². The largest absolute Gasteiger partial charge is 0.331 e. The first kappa shape index (κ1) is 21.0. The van der Waals surface area contributed by atoms with Crippen molar-refractivity contribution in [2.24, 2.45) is 0 Å². The molecule has 3 heterocycles. The van der Waals surface area contributed by atoms with Gasteiger partial charge in [-0.05, 0) is 37.1 Å². The molecular formula is C23H15ClF2N6O. The monoisotopic (exact) mass is 464 g/mol. The minimum Gasteiger partial charge on any atom is -0.331 e. The predicted octanol–water partition coefficient (Wildman–Crippen LogP) is 4.32. The molecule has 33 heavy (non-hydrogen) atoms. The molecule has 1 fully saturated rings. The number of anilines is 1. The van der Waals surface area contributed by atoms with Crippen LogP contribution in [0.1, 0.15) is 30.3 Å². The maximum atomic E-state index is 14.1. The smallest absolute Gasteiger partial charge is 0.266 e. The van der Waals surface area contributed by atoms with E-state index in [2.05, 4.69) is 9.97 Å². The highest BCUT2D eigenvalue weighted by Gasteiger charge is 2.33. The number of para-hydroxylation sites is 1. The first-order chi connectivity index (χ1) is 16.0. The molecule has 0 bridgehead atoms. The third-order valence-corrected chi connectivity index (χ3v) is 5.86. The SMILES string of the molecule is N#Cc1cnc(N2CCCC2c2nc3c(Cl)cccc3c(=O)n2-c2cc(F)cc(F)c2)nc1. The molecule has 4 aromatic rings. The maximum absolute atomic E-state index is 14.1. The van der Waals surface area contributed by atoms with Crippen LogP contribution in [0.5, 0.6) is 0 Å². The Morgan fingerprint density at radius 2 is 1.85 bits per heavy atom. The molecule has 2 aromatic carbocycles. The van der Waals surface area contributed by atoms with Crippen LogP contribution in [0.2, 0.25) is 5.02 Å². The molecule has 1 unspecified atom stereocenters. The number of fused-ring (bicyclic) bond motifs is 1. The van der Waals surface area contributed by atoms with Crippen molar-refractivity contribution in [2.75, 3.05) is 11.4 Å². The van der Waals surface area contributed by atoms with Gasteiger partial charge in [0.05, 0.1) is 45.6 Å². The van der Waals surface area contributed by atoms with Gasteiger partial charge in [0, 0.05) is 12.6 Å². The quantitative estimate of drug-likeness (QED) is 0.448. The number of nitrogens with zero attached hydrogens (tertiary/aromatic N) is 6. The lowest BCUT2D eigenvalue weighted by Gasteiger charge is -2.26. The van der Waals surface area contributed by atoms with E-state index in [-0.39, 0.29) is 16.9 Å². The van der Waals surface area contributed by atoms with E-state index in [0.717, 1.165) is 24.6 Å². The summed E-state index contributed by atoms with van der Waals surface area (Å²) in [5.74, 6) is -0.987. The van der Waals surface area contributed by atoms with Crippen LogP contribution in [-0.2, 0) is 0 Å². The van der Waals surface area contributed by atoms with Gasteiger partial charge < -0.3 is 4.90 Å². The Kier molecular flexibility index (Phi) is 5.23. The Morgan fingerprint density at radius 1 is 1.12 bits per heavy atom. The topological polar surface area (TPSA) is 87.7 Å². The Labute approximate surface area is 191 Å². The fourth-order valence-electron chi connectivity index (χ4n) is 4.13. The highest BCUT2D eigenvalue weighted by molar-refractivity contribution is 6.35. The van der Waals surface area contributed by atoms with Crippen LogP contribution in [0.4, 0.5) is 14.7 Å². The molecule has 10 heteroatoms. The van der Waals surface area contributed by atoms with Crippen molar-refractivity contribution < 1.29 is 8.78 Å². The Hall–Kier alpha value is -3.90. The second-order valence-electron chi connectivity index (χ2n) is 7.61. The van der Waals surface area contributed by atoms with Crippen molar-refractivity contribution in [3.8, 4) is 11.8 Å². The van der Waals surface area contributed by atoms with E-state index in [1.54, 1.807) is 18.2 Å². The third-order valence-electron chi connectivity index (χ3n) is 5.56. The Bertz CT molecular complexity index is 1460. The van der Waals surface area contributed by atoms with Crippen LogP contribution < -0.4 is 10.5 Å². The van der Waals surface area contributed by atoms with Gasteiger partial charge in [0.25, 0.3) is 5.56 Å². The van der Waals surface area contributed by atoms with Crippen molar-refractivity contribution in [1.82, 2.24) is 19.5 Å². The third kappa shape index (κ3) is 3.68. The van der Waals surface area contributed by atoms with E-state index in [4.69, 9.17) is 21.8 Å². The summed E-state index contributed by atoms with van der Waals surface area (Å²) in [5, 5.41) is 9.55. The number of hydrogen-bond acceptors (Lipinski definition) is 6. The standard InChI is InChI=1S/C23H15ClF2N6O/c24-18-4-1-3-17-20(18)30-21(32(22(17)33)16-8-14(25)7-15(26)9-16)19-5-2-6-31(19)23-28-11-13(10-27)12-29-23/h1,3-4,7-9,11-12,19H,2,5-6H2. The lowest BCUT2D eigenvalue weighted by Crippen LogP contribution is -2.32. The lowest BCUT2D eigenvalue weighted by molar-refractivity contribution is 0.577. The average Bonchev–Trinajstić information content (AvgIpc) is 3.29. The summed E-state index contributed by atoms with van der Waals surface area (Å²) < 4.78 is 29.4. The molecule has 2 aromatic heterocycles. The first-order valence-corrected chi connectivity index (χ1v) is 10.5. The van der Waals surface area contributed by atoms with E-state index in [1.165, 1.54) is 17.0 Å². The zero-order valence-electron chi connectivity index (χ0n) is 17.0. The number of hydrogen-bond donors (Lipinski definition) is 0. The van der Waals surface area contributed by atoms with Gasteiger partial charge in [0.15, 0.2) is 0 Å². The molecule has 0 amide bonds. The molecule has 0 radical (unpaired) electrons. The van der Waals surface area contributed by atoms with E-state index >= 15 is 0 Å². The van der Waals surface area contributed by atoms with Crippen LogP contribution >= 0.6 is 11.6 Å². The van der Waals surface area contributed by atoms with Gasteiger partial charge in [-0.15, -0.1) is 0 Å². The molecule has 1 aliphatic rings. The number of rotatable bonds is 3.